The van der Waals surface area contributed by atoms with Gasteiger partial charge in [-0.2, -0.15) is 0 Å². The second-order valence-corrected chi connectivity index (χ2v) is 5.86. The van der Waals surface area contributed by atoms with Gasteiger partial charge in [-0.15, -0.1) is 0 Å². The minimum Gasteiger partial charge on any atom is -0.395 e. The van der Waals surface area contributed by atoms with Crippen molar-refractivity contribution in [2.45, 2.75) is 11.3 Å². The van der Waals surface area contributed by atoms with Crippen LogP contribution in [0.3, 0.4) is 0 Å². The Balaban J connectivity index is 3.10. The Hall–Kier alpha value is -0.980. The maximum atomic E-state index is 13.4. The zero-order valence-electron chi connectivity index (χ0n) is 8.80. The van der Waals surface area contributed by atoms with Gasteiger partial charge in [-0.05, 0) is 6.07 Å². The third-order valence-corrected chi connectivity index (χ3v) is 3.94. The highest BCUT2D eigenvalue weighted by Gasteiger charge is 2.29. The van der Waals surface area contributed by atoms with Crippen LogP contribution in [0, 0.1) is 5.82 Å². The maximum Gasteiger partial charge on any atom is 0.154 e. The van der Waals surface area contributed by atoms with Crippen LogP contribution >= 0.6 is 0 Å². The van der Waals surface area contributed by atoms with Gasteiger partial charge in [-0.25, -0.2) is 12.8 Å². The van der Waals surface area contributed by atoms with Crippen molar-refractivity contribution >= 4 is 9.84 Å². The highest BCUT2D eigenvalue weighted by Crippen LogP contribution is 2.21. The fourth-order valence-electron chi connectivity index (χ4n) is 1.46. The molecule has 3 N–H and O–H groups in total. The van der Waals surface area contributed by atoms with Crippen LogP contribution in [-0.4, -0.2) is 31.6 Å². The molecular formula is C10H14FNO3S. The second kappa shape index (κ2) is 4.90. The molecule has 2 unspecified atom stereocenters. The molecule has 0 aliphatic rings. The first-order valence-corrected chi connectivity index (χ1v) is 6.63. The highest BCUT2D eigenvalue weighted by atomic mass is 32.2. The first kappa shape index (κ1) is 13.1. The van der Waals surface area contributed by atoms with Gasteiger partial charge in [0.25, 0.3) is 0 Å². The summed E-state index contributed by atoms with van der Waals surface area (Å²) in [7, 11) is -3.52. The molecule has 0 amide bonds. The largest absolute Gasteiger partial charge is 0.395 e. The smallest absolute Gasteiger partial charge is 0.154 e. The number of rotatable bonds is 4. The Morgan fingerprint density at radius 3 is 2.44 bits per heavy atom. The van der Waals surface area contributed by atoms with Gasteiger partial charge in [0.15, 0.2) is 9.84 Å². The number of aliphatic hydroxyl groups excluding tert-OH is 1. The van der Waals surface area contributed by atoms with Crippen LogP contribution in [0.4, 0.5) is 4.39 Å². The van der Waals surface area contributed by atoms with E-state index in [-0.39, 0.29) is 5.56 Å². The molecule has 0 aliphatic heterocycles. The van der Waals surface area contributed by atoms with Gasteiger partial charge in [0.05, 0.1) is 12.6 Å². The topological polar surface area (TPSA) is 80.4 Å². The van der Waals surface area contributed by atoms with Gasteiger partial charge >= 0.3 is 0 Å². The van der Waals surface area contributed by atoms with Crippen molar-refractivity contribution in [2.75, 3.05) is 12.9 Å². The number of benzene rings is 1. The van der Waals surface area contributed by atoms with Gasteiger partial charge < -0.3 is 10.8 Å². The van der Waals surface area contributed by atoms with E-state index in [9.17, 15) is 12.8 Å². The lowest BCUT2D eigenvalue weighted by Gasteiger charge is -2.20. The molecule has 0 saturated carbocycles. The van der Waals surface area contributed by atoms with Crippen LogP contribution in [0.25, 0.3) is 0 Å². The number of halogens is 1. The monoisotopic (exact) mass is 247 g/mol. The summed E-state index contributed by atoms with van der Waals surface area (Å²) < 4.78 is 36.0. The summed E-state index contributed by atoms with van der Waals surface area (Å²) in [5.41, 5.74) is 5.75. The molecule has 90 valence electrons. The summed E-state index contributed by atoms with van der Waals surface area (Å²) in [6, 6.07) is 4.59. The highest BCUT2D eigenvalue weighted by molar-refractivity contribution is 7.91. The van der Waals surface area contributed by atoms with Crippen LogP contribution in [0.1, 0.15) is 11.6 Å². The van der Waals surface area contributed by atoms with Crippen molar-refractivity contribution in [3.8, 4) is 0 Å². The van der Waals surface area contributed by atoms with Crippen molar-refractivity contribution in [1.82, 2.24) is 0 Å². The zero-order chi connectivity index (χ0) is 12.3. The molecule has 0 saturated heterocycles. The minimum absolute atomic E-state index is 0.0898. The van der Waals surface area contributed by atoms with Gasteiger partial charge in [-0.1, -0.05) is 18.2 Å². The lowest BCUT2D eigenvalue weighted by molar-refractivity contribution is 0.277. The van der Waals surface area contributed by atoms with E-state index in [1.165, 1.54) is 18.2 Å². The van der Waals surface area contributed by atoms with Crippen molar-refractivity contribution < 1.29 is 17.9 Å². The summed E-state index contributed by atoms with van der Waals surface area (Å²) in [6.07, 6.45) is 0.967. The van der Waals surface area contributed by atoms with Gasteiger partial charge in [0.2, 0.25) is 0 Å². The first-order valence-electron chi connectivity index (χ1n) is 4.67. The normalized spacial score (nSPS) is 15.8. The fourth-order valence-corrected chi connectivity index (χ4v) is 2.41. The molecule has 2 atom stereocenters. The quantitative estimate of drug-likeness (QED) is 0.798. The van der Waals surface area contributed by atoms with Gasteiger partial charge in [-0.3, -0.25) is 0 Å². The number of nitrogens with two attached hydrogens (primary N) is 1. The van der Waals surface area contributed by atoms with E-state index in [0.29, 0.717) is 0 Å². The van der Waals surface area contributed by atoms with E-state index in [2.05, 4.69) is 0 Å². The predicted octanol–water partition coefficient (Wildman–Crippen LogP) is 0.231. The van der Waals surface area contributed by atoms with Crippen molar-refractivity contribution in [1.29, 1.82) is 0 Å². The third-order valence-electron chi connectivity index (χ3n) is 2.39. The summed E-state index contributed by atoms with van der Waals surface area (Å²) in [6.45, 7) is -0.631. The zero-order valence-corrected chi connectivity index (χ0v) is 9.61. The Morgan fingerprint density at radius 2 is 2.00 bits per heavy atom. The van der Waals surface area contributed by atoms with Crippen LogP contribution in [-0.2, 0) is 9.84 Å². The Bertz CT molecular complexity index is 461. The van der Waals surface area contributed by atoms with Crippen LogP contribution in [0.2, 0.25) is 0 Å². The van der Waals surface area contributed by atoms with Crippen molar-refractivity contribution in [2.24, 2.45) is 5.73 Å². The van der Waals surface area contributed by atoms with Crippen LogP contribution in [0.15, 0.2) is 24.3 Å². The lowest BCUT2D eigenvalue weighted by Crippen LogP contribution is -2.36. The Kier molecular flexibility index (Phi) is 4.01. The molecule has 1 aromatic carbocycles. The molecule has 6 heteroatoms. The fraction of sp³-hybridized carbons (Fsp3) is 0.400. The molecule has 0 aliphatic carbocycles. The SMILES string of the molecule is CS(=O)(=O)C(CO)C(N)c1ccccc1F. The number of hydrogen-bond acceptors (Lipinski definition) is 4. The Morgan fingerprint density at radius 1 is 1.44 bits per heavy atom. The van der Waals surface area contributed by atoms with E-state index >= 15 is 0 Å². The molecule has 1 aromatic rings. The summed E-state index contributed by atoms with van der Waals surface area (Å²) in [4.78, 5) is 0. The Labute approximate surface area is 93.8 Å². The van der Waals surface area contributed by atoms with Crippen molar-refractivity contribution in [3.63, 3.8) is 0 Å². The maximum absolute atomic E-state index is 13.4. The van der Waals surface area contributed by atoms with Crippen LogP contribution in [0.5, 0.6) is 0 Å². The number of aliphatic hydroxyl groups is 1. The van der Waals surface area contributed by atoms with E-state index in [1.54, 1.807) is 6.07 Å². The molecule has 4 nitrogen and oxygen atoms in total. The predicted molar refractivity (Wildman–Crippen MR) is 59.0 cm³/mol. The lowest BCUT2D eigenvalue weighted by atomic mass is 10.0. The van der Waals surface area contributed by atoms with E-state index in [4.69, 9.17) is 10.8 Å². The van der Waals surface area contributed by atoms with E-state index in [1.807, 2.05) is 0 Å². The van der Waals surface area contributed by atoms with Crippen LogP contribution < -0.4 is 5.73 Å². The summed E-state index contributed by atoms with van der Waals surface area (Å²) >= 11 is 0. The third kappa shape index (κ3) is 2.78. The number of sulfone groups is 1. The molecule has 16 heavy (non-hydrogen) atoms. The molecule has 1 rings (SSSR count). The molecular weight excluding hydrogens is 233 g/mol. The molecule has 0 spiro atoms. The minimum atomic E-state index is -3.52. The van der Waals surface area contributed by atoms with Gasteiger partial charge in [0.1, 0.15) is 11.1 Å². The molecule has 0 radical (unpaired) electrons. The molecule has 0 aromatic heterocycles. The standard InChI is InChI=1S/C10H14FNO3S/c1-16(14,15)9(6-13)10(12)7-4-2-3-5-8(7)11/h2-5,9-10,13H,6,12H2,1H3. The number of hydrogen-bond donors (Lipinski definition) is 2. The van der Waals surface area contributed by atoms with E-state index < -0.39 is 33.6 Å². The summed E-state index contributed by atoms with van der Waals surface area (Å²) in [5.74, 6) is -0.572. The van der Waals surface area contributed by atoms with Gasteiger partial charge in [0, 0.05) is 11.8 Å². The van der Waals surface area contributed by atoms with E-state index in [0.717, 1.165) is 6.26 Å². The first-order chi connectivity index (χ1) is 7.38. The second-order valence-electron chi connectivity index (χ2n) is 3.60. The molecule has 0 fully saturated rings. The average molecular weight is 247 g/mol. The summed E-state index contributed by atoms with van der Waals surface area (Å²) in [5, 5.41) is 7.81. The molecule has 0 heterocycles. The average Bonchev–Trinajstić information content (AvgIpc) is 2.17. The van der Waals surface area contributed by atoms with Crippen molar-refractivity contribution in [3.05, 3.63) is 35.6 Å². The molecule has 0 bridgehead atoms.